The summed E-state index contributed by atoms with van der Waals surface area (Å²) >= 11 is 0. The zero-order valence-electron chi connectivity index (χ0n) is 11.1. The molecule has 0 aliphatic carbocycles. The van der Waals surface area contributed by atoms with Gasteiger partial charge in [0.15, 0.2) is 0 Å². The number of carbonyl (C=O) groups excluding carboxylic acids is 1. The number of carbonyl (C=O) groups is 1. The summed E-state index contributed by atoms with van der Waals surface area (Å²) in [6.45, 7) is 8.34. The van der Waals surface area contributed by atoms with Crippen molar-refractivity contribution in [3.63, 3.8) is 0 Å². The van der Waals surface area contributed by atoms with Gasteiger partial charge in [0.25, 0.3) is 0 Å². The van der Waals surface area contributed by atoms with E-state index in [4.69, 9.17) is 4.74 Å². The molecule has 0 aromatic rings. The Morgan fingerprint density at radius 1 is 1.53 bits per heavy atom. The lowest BCUT2D eigenvalue weighted by atomic mass is 9.96. The minimum absolute atomic E-state index is 0.159. The first-order valence-electron chi connectivity index (χ1n) is 6.73. The van der Waals surface area contributed by atoms with E-state index in [2.05, 4.69) is 24.5 Å². The molecule has 100 valence electrons. The predicted octanol–water partition coefficient (Wildman–Crippen LogP) is 1.16. The van der Waals surface area contributed by atoms with Gasteiger partial charge in [-0.2, -0.15) is 0 Å². The molecule has 4 nitrogen and oxygen atoms in total. The number of ether oxygens (including phenoxy) is 1. The van der Waals surface area contributed by atoms with E-state index in [1.807, 2.05) is 0 Å². The fourth-order valence-electron chi connectivity index (χ4n) is 2.01. The maximum absolute atomic E-state index is 11.6. The van der Waals surface area contributed by atoms with E-state index in [0.717, 1.165) is 19.7 Å². The Balaban J connectivity index is 1.97. The highest BCUT2D eigenvalue weighted by Gasteiger charge is 2.16. The van der Waals surface area contributed by atoms with E-state index in [1.165, 1.54) is 12.8 Å². The lowest BCUT2D eigenvalue weighted by molar-refractivity contribution is -0.122. The molecule has 1 heterocycles. The number of rotatable bonds is 7. The highest BCUT2D eigenvalue weighted by atomic mass is 16.5. The molecule has 17 heavy (non-hydrogen) atoms. The molecule has 0 spiro atoms. The fraction of sp³-hybridized carbons (Fsp3) is 0.923. The first-order valence-corrected chi connectivity index (χ1v) is 6.73. The minimum atomic E-state index is 0.159. The maximum atomic E-state index is 11.6. The van der Waals surface area contributed by atoms with Crippen LogP contribution in [0.25, 0.3) is 0 Å². The monoisotopic (exact) mass is 242 g/mol. The van der Waals surface area contributed by atoms with Crippen molar-refractivity contribution in [3.05, 3.63) is 0 Å². The Morgan fingerprint density at radius 3 is 3.00 bits per heavy atom. The second-order valence-electron chi connectivity index (χ2n) is 5.24. The van der Waals surface area contributed by atoms with Crippen molar-refractivity contribution in [1.29, 1.82) is 0 Å². The second-order valence-corrected chi connectivity index (χ2v) is 5.24. The SMILES string of the molecule is CC(C)COCCNC(=O)CC1CCCNC1. The van der Waals surface area contributed by atoms with Gasteiger partial charge in [-0.25, -0.2) is 0 Å². The molecule has 4 heteroatoms. The van der Waals surface area contributed by atoms with Gasteiger partial charge in [-0.1, -0.05) is 13.8 Å². The third-order valence-electron chi connectivity index (χ3n) is 2.89. The summed E-state index contributed by atoms with van der Waals surface area (Å²) in [4.78, 5) is 11.6. The molecule has 1 atom stereocenters. The van der Waals surface area contributed by atoms with Crippen LogP contribution in [0, 0.1) is 11.8 Å². The highest BCUT2D eigenvalue weighted by molar-refractivity contribution is 5.76. The molecule has 0 radical (unpaired) electrons. The summed E-state index contributed by atoms with van der Waals surface area (Å²) in [7, 11) is 0. The standard InChI is InChI=1S/C13H26N2O2/c1-11(2)10-17-7-6-15-13(16)8-12-4-3-5-14-9-12/h11-12,14H,3-10H2,1-2H3,(H,15,16). The van der Waals surface area contributed by atoms with Gasteiger partial charge < -0.3 is 15.4 Å². The highest BCUT2D eigenvalue weighted by Crippen LogP contribution is 2.13. The molecule has 1 fully saturated rings. The van der Waals surface area contributed by atoms with Crippen molar-refractivity contribution in [2.45, 2.75) is 33.1 Å². The zero-order chi connectivity index (χ0) is 12.5. The Kier molecular flexibility index (Phi) is 7.21. The minimum Gasteiger partial charge on any atom is -0.379 e. The third-order valence-corrected chi connectivity index (χ3v) is 2.89. The van der Waals surface area contributed by atoms with Crippen LogP contribution in [0.3, 0.4) is 0 Å². The van der Waals surface area contributed by atoms with E-state index >= 15 is 0 Å². The topological polar surface area (TPSA) is 50.4 Å². The van der Waals surface area contributed by atoms with Crippen molar-refractivity contribution in [1.82, 2.24) is 10.6 Å². The molecule has 1 aliphatic rings. The molecule has 0 aromatic carbocycles. The Labute approximate surface area is 104 Å². The van der Waals surface area contributed by atoms with Crippen LogP contribution < -0.4 is 10.6 Å². The molecular weight excluding hydrogens is 216 g/mol. The fourth-order valence-corrected chi connectivity index (χ4v) is 2.01. The average molecular weight is 242 g/mol. The van der Waals surface area contributed by atoms with E-state index in [0.29, 0.717) is 31.4 Å². The van der Waals surface area contributed by atoms with Crippen LogP contribution in [0.4, 0.5) is 0 Å². The van der Waals surface area contributed by atoms with Crippen LogP contribution in [0.15, 0.2) is 0 Å². The van der Waals surface area contributed by atoms with Crippen molar-refractivity contribution in [2.75, 3.05) is 32.8 Å². The summed E-state index contributed by atoms with van der Waals surface area (Å²) in [5.41, 5.74) is 0. The molecule has 0 saturated carbocycles. The summed E-state index contributed by atoms with van der Waals surface area (Å²) < 4.78 is 5.41. The Hall–Kier alpha value is -0.610. The first kappa shape index (κ1) is 14.5. The molecule has 1 unspecified atom stereocenters. The van der Waals surface area contributed by atoms with Crippen LogP contribution >= 0.6 is 0 Å². The summed E-state index contributed by atoms with van der Waals surface area (Å²) in [6, 6.07) is 0. The summed E-state index contributed by atoms with van der Waals surface area (Å²) in [5, 5.41) is 6.24. The van der Waals surface area contributed by atoms with E-state index in [-0.39, 0.29) is 5.91 Å². The van der Waals surface area contributed by atoms with Gasteiger partial charge in [-0.05, 0) is 37.8 Å². The van der Waals surface area contributed by atoms with Crippen molar-refractivity contribution >= 4 is 5.91 Å². The number of hydrogen-bond acceptors (Lipinski definition) is 3. The third kappa shape index (κ3) is 7.34. The van der Waals surface area contributed by atoms with Gasteiger partial charge in [0.1, 0.15) is 0 Å². The van der Waals surface area contributed by atoms with Crippen LogP contribution in [-0.4, -0.2) is 38.8 Å². The van der Waals surface area contributed by atoms with Gasteiger partial charge in [0.2, 0.25) is 5.91 Å². The average Bonchev–Trinajstić information content (AvgIpc) is 2.29. The lowest BCUT2D eigenvalue weighted by Crippen LogP contribution is -2.35. The molecular formula is C13H26N2O2. The Bertz CT molecular complexity index is 213. The molecule has 1 aliphatic heterocycles. The van der Waals surface area contributed by atoms with Crippen molar-refractivity contribution < 1.29 is 9.53 Å². The van der Waals surface area contributed by atoms with Crippen LogP contribution in [-0.2, 0) is 9.53 Å². The normalized spacial score (nSPS) is 20.5. The van der Waals surface area contributed by atoms with Crippen molar-refractivity contribution in [3.8, 4) is 0 Å². The van der Waals surface area contributed by atoms with Crippen LogP contribution in [0.2, 0.25) is 0 Å². The van der Waals surface area contributed by atoms with Crippen LogP contribution in [0.1, 0.15) is 33.1 Å². The van der Waals surface area contributed by atoms with Gasteiger partial charge in [0, 0.05) is 19.6 Å². The largest absolute Gasteiger partial charge is 0.379 e. The Morgan fingerprint density at radius 2 is 2.35 bits per heavy atom. The van der Waals surface area contributed by atoms with Gasteiger partial charge in [-0.3, -0.25) is 4.79 Å². The molecule has 1 saturated heterocycles. The second kappa shape index (κ2) is 8.48. The first-order chi connectivity index (χ1) is 8.18. The quantitative estimate of drug-likeness (QED) is 0.659. The van der Waals surface area contributed by atoms with E-state index in [1.54, 1.807) is 0 Å². The predicted molar refractivity (Wildman–Crippen MR) is 68.9 cm³/mol. The molecule has 2 N–H and O–H groups in total. The molecule has 1 rings (SSSR count). The number of amides is 1. The smallest absolute Gasteiger partial charge is 0.220 e. The van der Waals surface area contributed by atoms with E-state index in [9.17, 15) is 4.79 Å². The maximum Gasteiger partial charge on any atom is 0.220 e. The summed E-state index contributed by atoms with van der Waals surface area (Å²) in [6.07, 6.45) is 3.01. The molecule has 0 aromatic heterocycles. The zero-order valence-corrected chi connectivity index (χ0v) is 11.1. The van der Waals surface area contributed by atoms with Gasteiger partial charge >= 0.3 is 0 Å². The van der Waals surface area contributed by atoms with Crippen molar-refractivity contribution in [2.24, 2.45) is 11.8 Å². The summed E-state index contributed by atoms with van der Waals surface area (Å²) in [5.74, 6) is 1.23. The van der Waals surface area contributed by atoms with Gasteiger partial charge in [0.05, 0.1) is 6.61 Å². The van der Waals surface area contributed by atoms with Gasteiger partial charge in [-0.15, -0.1) is 0 Å². The van der Waals surface area contributed by atoms with Crippen LogP contribution in [0.5, 0.6) is 0 Å². The molecule has 1 amide bonds. The number of piperidine rings is 1. The number of nitrogens with one attached hydrogen (secondary N) is 2. The van der Waals surface area contributed by atoms with E-state index < -0.39 is 0 Å². The molecule has 0 bridgehead atoms. The lowest BCUT2D eigenvalue weighted by Gasteiger charge is -2.22. The number of hydrogen-bond donors (Lipinski definition) is 2.